The lowest BCUT2D eigenvalue weighted by atomic mass is 9.82. The number of hydrogen-bond acceptors (Lipinski definition) is 4. The Kier molecular flexibility index (Phi) is 5.14. The average molecular weight is 367 g/mol. The molecule has 2 heterocycles. The number of rotatable bonds is 6. The number of para-hydroxylation sites is 1. The Labute approximate surface area is 159 Å². The molecule has 2 aliphatic heterocycles. The van der Waals surface area contributed by atoms with Gasteiger partial charge in [0.25, 0.3) is 5.91 Å². The Morgan fingerprint density at radius 1 is 1.19 bits per heavy atom. The van der Waals surface area contributed by atoms with Gasteiger partial charge in [-0.3, -0.25) is 4.79 Å². The van der Waals surface area contributed by atoms with E-state index in [0.29, 0.717) is 56.7 Å². The van der Waals surface area contributed by atoms with E-state index in [4.69, 9.17) is 14.2 Å². The van der Waals surface area contributed by atoms with Crippen LogP contribution in [0.2, 0.25) is 0 Å². The van der Waals surface area contributed by atoms with Gasteiger partial charge in [-0.05, 0) is 17.7 Å². The number of fused-ring (bicyclic) bond motifs is 1. The molecule has 2 aliphatic rings. The highest BCUT2D eigenvalue weighted by atomic mass is 16.5. The molecule has 142 valence electrons. The lowest BCUT2D eigenvalue weighted by Crippen LogP contribution is -2.37. The quantitative estimate of drug-likeness (QED) is 0.788. The third-order valence-corrected chi connectivity index (χ3v) is 5.59. The highest BCUT2D eigenvalue weighted by molar-refractivity contribution is 5.97. The molecule has 4 rings (SSSR count). The number of amides is 1. The minimum absolute atomic E-state index is 0.0172. The van der Waals surface area contributed by atoms with Gasteiger partial charge in [-0.25, -0.2) is 0 Å². The number of carbonyl (C=O) groups is 1. The molecule has 0 aliphatic carbocycles. The molecule has 1 amide bonds. The molecule has 0 saturated carbocycles. The normalized spacial score (nSPS) is 24.0. The van der Waals surface area contributed by atoms with Crippen molar-refractivity contribution in [3.63, 3.8) is 0 Å². The van der Waals surface area contributed by atoms with Crippen molar-refractivity contribution in [1.82, 2.24) is 4.90 Å². The van der Waals surface area contributed by atoms with Crippen LogP contribution in [0.15, 0.2) is 54.6 Å². The monoisotopic (exact) mass is 367 g/mol. The summed E-state index contributed by atoms with van der Waals surface area (Å²) in [6.45, 7) is 3.77. The number of methoxy groups -OCH3 is 1. The summed E-state index contributed by atoms with van der Waals surface area (Å²) in [5, 5.41) is 0. The SMILES string of the molecule is COC[C@@]12COC[C@@H]1CN(C(=O)c1ccccc1OCc1ccccc1)C2. The molecule has 2 aromatic rings. The molecule has 5 heteroatoms. The van der Waals surface area contributed by atoms with E-state index in [2.05, 4.69) is 0 Å². The zero-order valence-corrected chi connectivity index (χ0v) is 15.6. The Morgan fingerprint density at radius 3 is 2.78 bits per heavy atom. The topological polar surface area (TPSA) is 48.0 Å². The van der Waals surface area contributed by atoms with Crippen molar-refractivity contribution in [2.45, 2.75) is 6.61 Å². The molecule has 0 unspecified atom stereocenters. The van der Waals surface area contributed by atoms with Crippen LogP contribution in [0.1, 0.15) is 15.9 Å². The average Bonchev–Trinajstić information content (AvgIpc) is 3.24. The fourth-order valence-corrected chi connectivity index (χ4v) is 4.15. The molecule has 0 radical (unpaired) electrons. The first kappa shape index (κ1) is 18.0. The number of hydrogen-bond donors (Lipinski definition) is 0. The lowest BCUT2D eigenvalue weighted by molar-refractivity contribution is 0.0487. The molecule has 0 spiro atoms. The van der Waals surface area contributed by atoms with Crippen molar-refractivity contribution in [2.24, 2.45) is 11.3 Å². The van der Waals surface area contributed by atoms with Gasteiger partial charge in [0.15, 0.2) is 0 Å². The van der Waals surface area contributed by atoms with Crippen molar-refractivity contribution < 1.29 is 19.0 Å². The van der Waals surface area contributed by atoms with E-state index in [1.54, 1.807) is 7.11 Å². The van der Waals surface area contributed by atoms with Crippen LogP contribution < -0.4 is 4.74 Å². The van der Waals surface area contributed by atoms with Crippen molar-refractivity contribution in [3.05, 3.63) is 65.7 Å². The number of likely N-dealkylation sites (tertiary alicyclic amines) is 1. The summed E-state index contributed by atoms with van der Waals surface area (Å²) in [7, 11) is 1.71. The zero-order chi connectivity index (χ0) is 18.7. The molecule has 5 nitrogen and oxygen atoms in total. The molecule has 0 N–H and O–H groups in total. The Balaban J connectivity index is 1.49. The minimum Gasteiger partial charge on any atom is -0.488 e. The van der Waals surface area contributed by atoms with Crippen LogP contribution in [0, 0.1) is 11.3 Å². The number of ether oxygens (including phenoxy) is 3. The van der Waals surface area contributed by atoms with Gasteiger partial charge in [0.1, 0.15) is 12.4 Å². The van der Waals surface area contributed by atoms with Crippen molar-refractivity contribution in [3.8, 4) is 5.75 Å². The van der Waals surface area contributed by atoms with Crippen LogP contribution in [-0.2, 0) is 16.1 Å². The fourth-order valence-electron chi connectivity index (χ4n) is 4.15. The molecule has 0 bridgehead atoms. The van der Waals surface area contributed by atoms with E-state index < -0.39 is 0 Å². The van der Waals surface area contributed by atoms with Crippen LogP contribution in [0.4, 0.5) is 0 Å². The maximum absolute atomic E-state index is 13.2. The van der Waals surface area contributed by atoms with E-state index in [-0.39, 0.29) is 11.3 Å². The highest BCUT2D eigenvalue weighted by Gasteiger charge is 2.52. The van der Waals surface area contributed by atoms with E-state index in [1.165, 1.54) is 0 Å². The second-order valence-electron chi connectivity index (χ2n) is 7.46. The van der Waals surface area contributed by atoms with E-state index in [1.807, 2.05) is 59.5 Å². The van der Waals surface area contributed by atoms with Crippen molar-refractivity contribution in [2.75, 3.05) is 40.0 Å². The first-order valence-corrected chi connectivity index (χ1v) is 9.33. The standard InChI is InChI=1S/C22H25NO4/c1-25-15-22-14-23(11-18(22)13-26-16-22)21(24)19-9-5-6-10-20(19)27-12-17-7-3-2-4-8-17/h2-10,18H,11-16H2,1H3/t18-,22-/m0/s1. The molecule has 2 fully saturated rings. The summed E-state index contributed by atoms with van der Waals surface area (Å²) in [4.78, 5) is 15.1. The third kappa shape index (κ3) is 3.57. The predicted molar refractivity (Wildman–Crippen MR) is 102 cm³/mol. The number of benzene rings is 2. The Hall–Kier alpha value is -2.37. The first-order chi connectivity index (χ1) is 13.2. The fraction of sp³-hybridized carbons (Fsp3) is 0.409. The third-order valence-electron chi connectivity index (χ3n) is 5.59. The number of nitrogens with zero attached hydrogens (tertiary/aromatic N) is 1. The van der Waals surface area contributed by atoms with E-state index in [9.17, 15) is 4.79 Å². The van der Waals surface area contributed by atoms with Gasteiger partial charge in [0, 0.05) is 31.5 Å². The van der Waals surface area contributed by atoms with Gasteiger partial charge in [-0.2, -0.15) is 0 Å². The summed E-state index contributed by atoms with van der Waals surface area (Å²) in [5.41, 5.74) is 1.61. The molecule has 2 aromatic carbocycles. The molecule has 0 aromatic heterocycles. The summed E-state index contributed by atoms with van der Waals surface area (Å²) in [6.07, 6.45) is 0. The largest absolute Gasteiger partial charge is 0.488 e. The summed E-state index contributed by atoms with van der Waals surface area (Å²) in [6, 6.07) is 17.5. The van der Waals surface area contributed by atoms with Crippen molar-refractivity contribution in [1.29, 1.82) is 0 Å². The van der Waals surface area contributed by atoms with Gasteiger partial charge in [0.2, 0.25) is 0 Å². The van der Waals surface area contributed by atoms with Crippen LogP contribution in [0.25, 0.3) is 0 Å². The molecule has 27 heavy (non-hydrogen) atoms. The van der Waals surface area contributed by atoms with Crippen LogP contribution in [0.5, 0.6) is 5.75 Å². The molecular weight excluding hydrogens is 342 g/mol. The van der Waals surface area contributed by atoms with E-state index >= 15 is 0 Å². The second kappa shape index (κ2) is 7.71. The van der Waals surface area contributed by atoms with Crippen molar-refractivity contribution >= 4 is 5.91 Å². The molecule has 2 atom stereocenters. The molecule has 2 saturated heterocycles. The van der Waals surface area contributed by atoms with Gasteiger partial charge >= 0.3 is 0 Å². The summed E-state index contributed by atoms with van der Waals surface area (Å²) >= 11 is 0. The predicted octanol–water partition coefficient (Wildman–Crippen LogP) is 3.00. The zero-order valence-electron chi connectivity index (χ0n) is 15.6. The van der Waals surface area contributed by atoms with Crippen LogP contribution in [-0.4, -0.2) is 50.8 Å². The maximum Gasteiger partial charge on any atom is 0.257 e. The lowest BCUT2D eigenvalue weighted by Gasteiger charge is -2.26. The van der Waals surface area contributed by atoms with Gasteiger partial charge < -0.3 is 19.1 Å². The highest BCUT2D eigenvalue weighted by Crippen LogP contribution is 2.42. The summed E-state index contributed by atoms with van der Waals surface area (Å²) < 4.78 is 17.1. The van der Waals surface area contributed by atoms with Gasteiger partial charge in [0.05, 0.1) is 25.4 Å². The molecular formula is C22H25NO4. The minimum atomic E-state index is -0.0791. The van der Waals surface area contributed by atoms with Gasteiger partial charge in [-0.1, -0.05) is 42.5 Å². The summed E-state index contributed by atoms with van der Waals surface area (Å²) in [5.74, 6) is 0.975. The van der Waals surface area contributed by atoms with Crippen LogP contribution in [0.3, 0.4) is 0 Å². The first-order valence-electron chi connectivity index (χ1n) is 9.33. The smallest absolute Gasteiger partial charge is 0.257 e. The Morgan fingerprint density at radius 2 is 1.96 bits per heavy atom. The van der Waals surface area contributed by atoms with E-state index in [0.717, 1.165) is 5.56 Å². The number of carbonyl (C=O) groups excluding carboxylic acids is 1. The van der Waals surface area contributed by atoms with Gasteiger partial charge in [-0.15, -0.1) is 0 Å². The Bertz CT molecular complexity index is 794. The maximum atomic E-state index is 13.2. The second-order valence-corrected chi connectivity index (χ2v) is 7.46. The van der Waals surface area contributed by atoms with Crippen LogP contribution >= 0.6 is 0 Å².